The van der Waals surface area contributed by atoms with Gasteiger partial charge in [0.05, 0.1) is 5.41 Å². The van der Waals surface area contributed by atoms with Gasteiger partial charge in [-0.1, -0.05) is 20.8 Å². The van der Waals surface area contributed by atoms with Gasteiger partial charge in [0.15, 0.2) is 0 Å². The number of carbonyl (C=O) groups is 2. The van der Waals surface area contributed by atoms with Crippen molar-refractivity contribution in [3.8, 4) is 0 Å². The van der Waals surface area contributed by atoms with Gasteiger partial charge in [0.1, 0.15) is 0 Å². The van der Waals surface area contributed by atoms with Crippen LogP contribution in [0.4, 0.5) is 4.79 Å². The first-order chi connectivity index (χ1) is 9.37. The fourth-order valence-electron chi connectivity index (χ4n) is 2.63. The second-order valence-electron chi connectivity index (χ2n) is 5.80. The minimum atomic E-state index is -0.793. The van der Waals surface area contributed by atoms with Crippen LogP contribution in [-0.2, 0) is 4.79 Å². The molecular weight excluding hydrogens is 276 g/mol. The minimum Gasteiger partial charge on any atom is -0.481 e. The topological polar surface area (TPSA) is 69.6 Å². The number of carboxylic acid groups (broad SMARTS) is 1. The third-order valence-corrected chi connectivity index (χ3v) is 5.04. The summed E-state index contributed by atoms with van der Waals surface area (Å²) in [6.07, 6.45) is 3.43. The van der Waals surface area contributed by atoms with Gasteiger partial charge in [0, 0.05) is 24.9 Å². The summed E-state index contributed by atoms with van der Waals surface area (Å²) < 4.78 is 0. The zero-order valence-corrected chi connectivity index (χ0v) is 13.6. The number of carbonyl (C=O) groups excluding carboxylic acids is 1. The highest BCUT2D eigenvalue weighted by atomic mass is 32.2. The third kappa shape index (κ3) is 3.59. The number of amides is 2. The molecule has 5 nitrogen and oxygen atoms in total. The lowest BCUT2D eigenvalue weighted by atomic mass is 9.76. The molecule has 6 heteroatoms. The van der Waals surface area contributed by atoms with E-state index in [0.717, 1.165) is 12.2 Å². The van der Waals surface area contributed by atoms with Crippen LogP contribution in [0.3, 0.4) is 0 Å². The molecule has 1 saturated heterocycles. The SMILES string of the molecule is CCC(CSC)NC(=O)N1CCC(C(=O)O)(C(C)C)C1. The molecule has 1 aliphatic rings. The largest absolute Gasteiger partial charge is 0.481 e. The van der Waals surface area contributed by atoms with Gasteiger partial charge in [-0.3, -0.25) is 4.79 Å². The average Bonchev–Trinajstić information content (AvgIpc) is 2.84. The van der Waals surface area contributed by atoms with Crippen LogP contribution in [-0.4, -0.2) is 53.1 Å². The minimum absolute atomic E-state index is 0.0194. The Morgan fingerprint density at radius 1 is 1.45 bits per heavy atom. The van der Waals surface area contributed by atoms with Crippen LogP contribution in [0.1, 0.15) is 33.6 Å². The fraction of sp³-hybridized carbons (Fsp3) is 0.857. The van der Waals surface area contributed by atoms with Gasteiger partial charge in [0.2, 0.25) is 0 Å². The van der Waals surface area contributed by atoms with E-state index in [1.165, 1.54) is 0 Å². The summed E-state index contributed by atoms with van der Waals surface area (Å²) in [5.41, 5.74) is -0.793. The number of likely N-dealkylation sites (tertiary alicyclic amines) is 1. The van der Waals surface area contributed by atoms with Crippen molar-refractivity contribution >= 4 is 23.8 Å². The Labute approximate surface area is 125 Å². The first-order valence-corrected chi connectivity index (χ1v) is 8.54. The van der Waals surface area contributed by atoms with E-state index < -0.39 is 11.4 Å². The normalized spacial score (nSPS) is 23.9. The van der Waals surface area contributed by atoms with Crippen LogP contribution in [0.15, 0.2) is 0 Å². The number of aliphatic carboxylic acids is 1. The van der Waals surface area contributed by atoms with Gasteiger partial charge in [-0.2, -0.15) is 11.8 Å². The highest BCUT2D eigenvalue weighted by Gasteiger charge is 2.48. The van der Waals surface area contributed by atoms with Crippen molar-refractivity contribution in [2.75, 3.05) is 25.1 Å². The Bertz CT molecular complexity index is 362. The fourth-order valence-corrected chi connectivity index (χ4v) is 3.35. The number of hydrogen-bond donors (Lipinski definition) is 2. The number of nitrogens with zero attached hydrogens (tertiary/aromatic N) is 1. The van der Waals surface area contributed by atoms with Crippen molar-refractivity contribution in [2.45, 2.75) is 39.7 Å². The van der Waals surface area contributed by atoms with Crippen LogP contribution in [0.25, 0.3) is 0 Å². The molecular formula is C14H26N2O3S. The van der Waals surface area contributed by atoms with E-state index in [2.05, 4.69) is 5.32 Å². The van der Waals surface area contributed by atoms with Crippen molar-refractivity contribution in [3.05, 3.63) is 0 Å². The first-order valence-electron chi connectivity index (χ1n) is 7.15. The van der Waals surface area contributed by atoms with E-state index in [1.807, 2.05) is 27.0 Å². The molecule has 2 amide bonds. The molecule has 1 aliphatic heterocycles. The smallest absolute Gasteiger partial charge is 0.317 e. The van der Waals surface area contributed by atoms with Gasteiger partial charge in [0.25, 0.3) is 0 Å². The van der Waals surface area contributed by atoms with Gasteiger partial charge >= 0.3 is 12.0 Å². The molecule has 0 aromatic heterocycles. The van der Waals surface area contributed by atoms with E-state index in [-0.39, 0.29) is 18.0 Å². The van der Waals surface area contributed by atoms with Crippen LogP contribution in [0, 0.1) is 11.3 Å². The molecule has 2 N–H and O–H groups in total. The molecule has 0 radical (unpaired) electrons. The Morgan fingerprint density at radius 2 is 2.10 bits per heavy atom. The summed E-state index contributed by atoms with van der Waals surface area (Å²) in [7, 11) is 0. The number of nitrogens with one attached hydrogen (secondary N) is 1. The molecule has 1 fully saturated rings. The molecule has 0 aliphatic carbocycles. The van der Waals surface area contributed by atoms with Crippen molar-refractivity contribution in [2.24, 2.45) is 11.3 Å². The summed E-state index contributed by atoms with van der Waals surface area (Å²) in [5.74, 6) is 0.106. The molecule has 0 aromatic rings. The van der Waals surface area contributed by atoms with Gasteiger partial charge in [-0.05, 0) is 25.0 Å². The maximum atomic E-state index is 12.2. The van der Waals surface area contributed by atoms with Crippen LogP contribution >= 0.6 is 11.8 Å². The number of thioether (sulfide) groups is 1. The maximum absolute atomic E-state index is 12.2. The number of carboxylic acids is 1. The zero-order valence-electron chi connectivity index (χ0n) is 12.8. The molecule has 1 heterocycles. The van der Waals surface area contributed by atoms with Crippen LogP contribution in [0.2, 0.25) is 0 Å². The second kappa shape index (κ2) is 7.20. The van der Waals surface area contributed by atoms with Gasteiger partial charge in [-0.25, -0.2) is 4.79 Å². The van der Waals surface area contributed by atoms with E-state index in [4.69, 9.17) is 0 Å². The Morgan fingerprint density at radius 3 is 2.50 bits per heavy atom. The lowest BCUT2D eigenvalue weighted by Crippen LogP contribution is -2.47. The summed E-state index contributed by atoms with van der Waals surface area (Å²) in [5, 5.41) is 12.5. The lowest BCUT2D eigenvalue weighted by Gasteiger charge is -2.29. The molecule has 0 aromatic carbocycles. The quantitative estimate of drug-likeness (QED) is 0.789. The number of hydrogen-bond acceptors (Lipinski definition) is 3. The molecule has 2 unspecified atom stereocenters. The molecule has 0 spiro atoms. The Hall–Kier alpha value is -0.910. The van der Waals surface area contributed by atoms with Gasteiger partial charge < -0.3 is 15.3 Å². The van der Waals surface area contributed by atoms with E-state index in [9.17, 15) is 14.7 Å². The third-order valence-electron chi connectivity index (χ3n) is 4.31. The highest BCUT2D eigenvalue weighted by molar-refractivity contribution is 7.98. The maximum Gasteiger partial charge on any atom is 0.317 e. The summed E-state index contributed by atoms with van der Waals surface area (Å²) in [4.78, 5) is 25.4. The molecule has 1 rings (SSSR count). The molecule has 0 bridgehead atoms. The van der Waals surface area contributed by atoms with Crippen molar-refractivity contribution in [3.63, 3.8) is 0 Å². The summed E-state index contributed by atoms with van der Waals surface area (Å²) >= 11 is 1.70. The summed E-state index contributed by atoms with van der Waals surface area (Å²) in [6, 6.07) is 0.0195. The molecule has 2 atom stereocenters. The predicted octanol–water partition coefficient (Wildman–Crippen LogP) is 2.27. The van der Waals surface area contributed by atoms with Crippen LogP contribution < -0.4 is 5.32 Å². The first kappa shape index (κ1) is 17.1. The van der Waals surface area contributed by atoms with E-state index in [1.54, 1.807) is 16.7 Å². The summed E-state index contributed by atoms with van der Waals surface area (Å²) in [6.45, 7) is 6.70. The Balaban J connectivity index is 2.67. The van der Waals surface area contributed by atoms with Crippen LogP contribution in [0.5, 0.6) is 0 Å². The van der Waals surface area contributed by atoms with Crippen molar-refractivity contribution < 1.29 is 14.7 Å². The zero-order chi connectivity index (χ0) is 15.3. The van der Waals surface area contributed by atoms with Crippen molar-refractivity contribution in [1.29, 1.82) is 0 Å². The average molecular weight is 302 g/mol. The standard InChI is InChI=1S/C14H26N2O3S/c1-5-11(8-20-4)15-13(19)16-7-6-14(9-16,10(2)3)12(17)18/h10-11H,5-9H2,1-4H3,(H,15,19)(H,17,18). The van der Waals surface area contributed by atoms with Gasteiger partial charge in [-0.15, -0.1) is 0 Å². The number of rotatable bonds is 6. The van der Waals surface area contributed by atoms with Crippen molar-refractivity contribution in [1.82, 2.24) is 10.2 Å². The van der Waals surface area contributed by atoms with E-state index >= 15 is 0 Å². The lowest BCUT2D eigenvalue weighted by molar-refractivity contribution is -0.150. The Kier molecular flexibility index (Phi) is 6.17. The predicted molar refractivity (Wildman–Crippen MR) is 82.1 cm³/mol. The highest BCUT2D eigenvalue weighted by Crippen LogP contribution is 2.38. The number of urea groups is 1. The monoisotopic (exact) mass is 302 g/mol. The molecule has 116 valence electrons. The molecule has 20 heavy (non-hydrogen) atoms. The van der Waals surface area contributed by atoms with E-state index in [0.29, 0.717) is 19.5 Å². The second-order valence-corrected chi connectivity index (χ2v) is 6.71. The molecule has 0 saturated carbocycles.